The summed E-state index contributed by atoms with van der Waals surface area (Å²) in [4.78, 5) is 28.9. The maximum absolute atomic E-state index is 13.1. The predicted octanol–water partition coefficient (Wildman–Crippen LogP) is 1.81. The second-order valence-electron chi connectivity index (χ2n) is 8.03. The highest BCUT2D eigenvalue weighted by atomic mass is 32.2. The molecule has 0 aliphatic carbocycles. The first-order chi connectivity index (χ1) is 14.9. The molecule has 0 radical (unpaired) electrons. The Labute approximate surface area is 182 Å². The zero-order valence-electron chi connectivity index (χ0n) is 17.4. The van der Waals surface area contributed by atoms with Crippen molar-refractivity contribution in [1.82, 2.24) is 14.1 Å². The van der Waals surface area contributed by atoms with Crippen molar-refractivity contribution in [2.45, 2.75) is 18.6 Å². The van der Waals surface area contributed by atoms with Crippen LogP contribution in [0, 0.1) is 5.92 Å². The number of rotatable bonds is 5. The first kappa shape index (κ1) is 21.6. The second-order valence-corrected chi connectivity index (χ2v) is 10.0. The number of benzene rings is 1. The lowest BCUT2D eigenvalue weighted by Gasteiger charge is -2.38. The van der Waals surface area contributed by atoms with E-state index in [4.69, 9.17) is 4.42 Å². The highest BCUT2D eigenvalue weighted by Gasteiger charge is 2.35. The molecule has 9 heteroatoms. The molecule has 1 aromatic carbocycles. The molecule has 2 aliphatic heterocycles. The first-order valence-corrected chi connectivity index (χ1v) is 12.2. The van der Waals surface area contributed by atoms with Crippen molar-refractivity contribution in [3.05, 3.63) is 60.1 Å². The van der Waals surface area contributed by atoms with Crippen molar-refractivity contribution in [3.63, 3.8) is 0 Å². The van der Waals surface area contributed by atoms with E-state index in [-0.39, 0.29) is 30.0 Å². The Balaban J connectivity index is 1.33. The van der Waals surface area contributed by atoms with Crippen LogP contribution < -0.4 is 0 Å². The van der Waals surface area contributed by atoms with E-state index >= 15 is 0 Å². The Morgan fingerprint density at radius 1 is 0.935 bits per heavy atom. The molecule has 3 heterocycles. The van der Waals surface area contributed by atoms with Gasteiger partial charge in [0.05, 0.1) is 17.9 Å². The normalized spacial score (nSPS) is 20.6. The molecule has 0 bridgehead atoms. The van der Waals surface area contributed by atoms with Crippen molar-refractivity contribution in [2.24, 2.45) is 5.92 Å². The van der Waals surface area contributed by atoms with E-state index in [1.807, 2.05) is 18.2 Å². The molecule has 1 aromatic heterocycles. The van der Waals surface area contributed by atoms with Gasteiger partial charge in [-0.15, -0.1) is 0 Å². The van der Waals surface area contributed by atoms with Crippen molar-refractivity contribution in [3.8, 4) is 0 Å². The van der Waals surface area contributed by atoms with Crippen molar-refractivity contribution >= 4 is 21.8 Å². The SMILES string of the molecule is O=C(c1ccco1)N1CCN(C(=O)[C@@H]2CCCN(S(=O)(=O)Cc3ccccc3)C2)CC1. The Morgan fingerprint density at radius 2 is 1.65 bits per heavy atom. The van der Waals surface area contributed by atoms with Gasteiger partial charge < -0.3 is 14.2 Å². The molecule has 4 rings (SSSR count). The van der Waals surface area contributed by atoms with E-state index in [0.717, 1.165) is 5.56 Å². The number of amides is 2. The largest absolute Gasteiger partial charge is 0.459 e. The Hall–Kier alpha value is -2.65. The Kier molecular flexibility index (Phi) is 6.43. The number of nitrogens with zero attached hydrogens (tertiary/aromatic N) is 3. The van der Waals surface area contributed by atoms with Gasteiger partial charge in [0, 0.05) is 39.3 Å². The summed E-state index contributed by atoms with van der Waals surface area (Å²) in [5.41, 5.74) is 0.744. The fraction of sp³-hybridized carbons (Fsp3) is 0.455. The second kappa shape index (κ2) is 9.23. The van der Waals surface area contributed by atoms with Crippen LogP contribution in [0.1, 0.15) is 29.0 Å². The summed E-state index contributed by atoms with van der Waals surface area (Å²) in [6.45, 7) is 2.43. The third kappa shape index (κ3) is 4.99. The van der Waals surface area contributed by atoms with Crippen LogP contribution in [0.2, 0.25) is 0 Å². The summed E-state index contributed by atoms with van der Waals surface area (Å²) in [5.74, 6) is -0.293. The van der Waals surface area contributed by atoms with Gasteiger partial charge in [-0.1, -0.05) is 30.3 Å². The van der Waals surface area contributed by atoms with Crippen LogP contribution in [0.25, 0.3) is 0 Å². The molecular weight excluding hydrogens is 418 g/mol. The molecule has 8 nitrogen and oxygen atoms in total. The molecule has 0 saturated carbocycles. The summed E-state index contributed by atoms with van der Waals surface area (Å²) < 4.78 is 32.4. The van der Waals surface area contributed by atoms with Gasteiger partial charge in [0.2, 0.25) is 15.9 Å². The lowest BCUT2D eigenvalue weighted by molar-refractivity contribution is -0.138. The van der Waals surface area contributed by atoms with Crippen molar-refractivity contribution < 1.29 is 22.4 Å². The van der Waals surface area contributed by atoms with E-state index in [0.29, 0.717) is 51.3 Å². The van der Waals surface area contributed by atoms with Gasteiger partial charge in [0.1, 0.15) is 0 Å². The average Bonchev–Trinajstić information content (AvgIpc) is 3.34. The standard InChI is InChI=1S/C22H27N3O5S/c26-21(23-11-13-24(14-12-23)22(27)20-9-5-15-30-20)19-8-4-10-25(16-19)31(28,29)17-18-6-2-1-3-7-18/h1-3,5-7,9,15,19H,4,8,10-14,16-17H2/t19-/m1/s1. The molecule has 2 aromatic rings. The van der Waals surface area contributed by atoms with Crippen LogP contribution in [-0.4, -0.2) is 73.6 Å². The van der Waals surface area contributed by atoms with Crippen LogP contribution >= 0.6 is 0 Å². The average molecular weight is 446 g/mol. The van der Waals surface area contributed by atoms with E-state index in [2.05, 4.69) is 0 Å². The minimum Gasteiger partial charge on any atom is -0.459 e. The first-order valence-electron chi connectivity index (χ1n) is 10.6. The topological polar surface area (TPSA) is 91.1 Å². The number of hydrogen-bond donors (Lipinski definition) is 0. The van der Waals surface area contributed by atoms with Gasteiger partial charge >= 0.3 is 0 Å². The number of piperidine rings is 1. The van der Waals surface area contributed by atoms with Gasteiger partial charge in [0.15, 0.2) is 5.76 Å². The van der Waals surface area contributed by atoms with E-state index < -0.39 is 10.0 Å². The minimum atomic E-state index is -3.48. The number of furan rings is 1. The van der Waals surface area contributed by atoms with E-state index in [1.165, 1.54) is 10.6 Å². The van der Waals surface area contributed by atoms with Crippen molar-refractivity contribution in [1.29, 1.82) is 0 Å². The van der Waals surface area contributed by atoms with Crippen LogP contribution in [0.5, 0.6) is 0 Å². The number of piperazine rings is 1. The molecule has 0 spiro atoms. The maximum atomic E-state index is 13.1. The Morgan fingerprint density at radius 3 is 2.32 bits per heavy atom. The smallest absolute Gasteiger partial charge is 0.289 e. The molecular formula is C22H27N3O5S. The number of carbonyl (C=O) groups excluding carboxylic acids is 2. The fourth-order valence-corrected chi connectivity index (χ4v) is 5.83. The fourth-order valence-electron chi connectivity index (χ4n) is 4.22. The molecule has 0 N–H and O–H groups in total. The van der Waals surface area contributed by atoms with Gasteiger partial charge in [-0.2, -0.15) is 0 Å². The monoisotopic (exact) mass is 445 g/mol. The molecule has 1 atom stereocenters. The molecule has 31 heavy (non-hydrogen) atoms. The third-order valence-electron chi connectivity index (χ3n) is 5.93. The summed E-state index contributed by atoms with van der Waals surface area (Å²) in [6, 6.07) is 12.4. The summed E-state index contributed by atoms with van der Waals surface area (Å²) in [7, 11) is -3.48. The van der Waals surface area contributed by atoms with Crippen LogP contribution in [0.4, 0.5) is 0 Å². The van der Waals surface area contributed by atoms with E-state index in [1.54, 1.807) is 34.1 Å². The van der Waals surface area contributed by atoms with Gasteiger partial charge in [0.25, 0.3) is 5.91 Å². The highest BCUT2D eigenvalue weighted by molar-refractivity contribution is 7.88. The molecule has 0 unspecified atom stereocenters. The van der Waals surface area contributed by atoms with Crippen LogP contribution in [0.3, 0.4) is 0 Å². The number of sulfonamides is 1. The van der Waals surface area contributed by atoms with Crippen molar-refractivity contribution in [2.75, 3.05) is 39.3 Å². The molecule has 2 saturated heterocycles. The van der Waals surface area contributed by atoms with Crippen LogP contribution in [0.15, 0.2) is 53.1 Å². The highest BCUT2D eigenvalue weighted by Crippen LogP contribution is 2.24. The molecule has 2 fully saturated rings. The molecule has 2 amide bonds. The van der Waals surface area contributed by atoms with Crippen LogP contribution in [-0.2, 0) is 20.6 Å². The number of hydrogen-bond acceptors (Lipinski definition) is 5. The van der Waals surface area contributed by atoms with E-state index in [9.17, 15) is 18.0 Å². The molecule has 166 valence electrons. The predicted molar refractivity (Wildman–Crippen MR) is 115 cm³/mol. The zero-order valence-corrected chi connectivity index (χ0v) is 18.2. The summed E-state index contributed by atoms with van der Waals surface area (Å²) >= 11 is 0. The lowest BCUT2D eigenvalue weighted by Crippen LogP contribution is -2.54. The van der Waals surface area contributed by atoms with Gasteiger partial charge in [-0.25, -0.2) is 12.7 Å². The Bertz CT molecular complexity index is 999. The summed E-state index contributed by atoms with van der Waals surface area (Å²) in [5, 5.41) is 0. The third-order valence-corrected chi connectivity index (χ3v) is 7.75. The van der Waals surface area contributed by atoms with Gasteiger partial charge in [-0.3, -0.25) is 9.59 Å². The number of carbonyl (C=O) groups is 2. The minimum absolute atomic E-state index is 0.0234. The summed E-state index contributed by atoms with van der Waals surface area (Å²) in [6.07, 6.45) is 2.82. The maximum Gasteiger partial charge on any atom is 0.289 e. The molecule has 2 aliphatic rings. The lowest BCUT2D eigenvalue weighted by atomic mass is 9.97. The quantitative estimate of drug-likeness (QED) is 0.700. The van der Waals surface area contributed by atoms with Gasteiger partial charge in [-0.05, 0) is 30.5 Å². The zero-order chi connectivity index (χ0) is 21.8.